The minimum absolute atomic E-state index is 0.0994. The van der Waals surface area contributed by atoms with Crippen molar-refractivity contribution >= 4 is 21.6 Å². The molecule has 0 aliphatic carbocycles. The van der Waals surface area contributed by atoms with Crippen molar-refractivity contribution in [2.24, 2.45) is 0 Å². The van der Waals surface area contributed by atoms with Crippen LogP contribution in [0.5, 0.6) is 5.75 Å². The number of alkyl halides is 1. The van der Waals surface area contributed by atoms with Gasteiger partial charge in [0, 0.05) is 5.33 Å². The van der Waals surface area contributed by atoms with Gasteiger partial charge in [-0.25, -0.2) is 4.39 Å². The summed E-state index contributed by atoms with van der Waals surface area (Å²) >= 11 is 3.21. The van der Waals surface area contributed by atoms with Gasteiger partial charge in [-0.1, -0.05) is 15.9 Å². The van der Waals surface area contributed by atoms with Crippen LogP contribution >= 0.6 is 15.9 Å². The van der Waals surface area contributed by atoms with E-state index in [1.165, 1.54) is 6.07 Å². The quantitative estimate of drug-likeness (QED) is 0.360. The van der Waals surface area contributed by atoms with Crippen molar-refractivity contribution in [3.05, 3.63) is 34.1 Å². The third-order valence-corrected chi connectivity index (χ3v) is 2.21. The van der Waals surface area contributed by atoms with Gasteiger partial charge in [-0.05, 0) is 18.6 Å². The van der Waals surface area contributed by atoms with Gasteiger partial charge >= 0.3 is 5.69 Å². The smallest absolute Gasteiger partial charge is 0.313 e. The third-order valence-electron chi connectivity index (χ3n) is 1.65. The summed E-state index contributed by atoms with van der Waals surface area (Å²) in [6.45, 7) is 0.359. The minimum atomic E-state index is -0.660. The minimum Gasteiger partial charge on any atom is -0.487 e. The monoisotopic (exact) mass is 277 g/mol. The SMILES string of the molecule is O=[N+]([O-])c1cc(F)ccc1OCCCBr. The number of halogens is 2. The van der Waals surface area contributed by atoms with Crippen LogP contribution in [0.25, 0.3) is 0 Å². The van der Waals surface area contributed by atoms with Crippen molar-refractivity contribution in [3.8, 4) is 5.75 Å². The lowest BCUT2D eigenvalue weighted by molar-refractivity contribution is -0.386. The largest absolute Gasteiger partial charge is 0.487 e. The maximum absolute atomic E-state index is 12.7. The fourth-order valence-corrected chi connectivity index (χ4v) is 1.22. The molecule has 0 spiro atoms. The molecule has 15 heavy (non-hydrogen) atoms. The van der Waals surface area contributed by atoms with Crippen molar-refractivity contribution in [2.75, 3.05) is 11.9 Å². The molecule has 0 N–H and O–H groups in total. The highest BCUT2D eigenvalue weighted by Crippen LogP contribution is 2.27. The molecular formula is C9H9BrFNO3. The van der Waals surface area contributed by atoms with Crippen molar-refractivity contribution in [3.63, 3.8) is 0 Å². The van der Waals surface area contributed by atoms with Crippen LogP contribution in [0.4, 0.5) is 10.1 Å². The summed E-state index contributed by atoms with van der Waals surface area (Å²) in [7, 11) is 0. The lowest BCUT2D eigenvalue weighted by Crippen LogP contribution is -2.01. The van der Waals surface area contributed by atoms with E-state index in [2.05, 4.69) is 15.9 Å². The lowest BCUT2D eigenvalue weighted by atomic mass is 10.3. The Morgan fingerprint density at radius 1 is 1.53 bits per heavy atom. The van der Waals surface area contributed by atoms with Gasteiger partial charge in [0.2, 0.25) is 0 Å². The van der Waals surface area contributed by atoms with Gasteiger partial charge in [0.25, 0.3) is 0 Å². The summed E-state index contributed by atoms with van der Waals surface area (Å²) in [6.07, 6.45) is 0.731. The van der Waals surface area contributed by atoms with Crippen LogP contribution in [-0.4, -0.2) is 16.9 Å². The first kappa shape index (κ1) is 11.9. The summed E-state index contributed by atoms with van der Waals surface area (Å²) in [5.74, 6) is -0.545. The average molecular weight is 278 g/mol. The summed E-state index contributed by atoms with van der Waals surface area (Å²) in [6, 6.07) is 3.25. The van der Waals surface area contributed by atoms with E-state index in [1.54, 1.807) is 0 Å². The number of hydrogen-bond donors (Lipinski definition) is 0. The highest BCUT2D eigenvalue weighted by molar-refractivity contribution is 9.09. The Bertz CT molecular complexity index is 359. The Labute approximate surface area is 94.3 Å². The molecule has 0 saturated carbocycles. The molecule has 0 aliphatic heterocycles. The number of nitro groups is 1. The molecule has 0 fully saturated rings. The highest BCUT2D eigenvalue weighted by Gasteiger charge is 2.15. The normalized spacial score (nSPS) is 10.0. The van der Waals surface area contributed by atoms with Gasteiger partial charge in [-0.15, -0.1) is 0 Å². The number of nitro benzene ring substituents is 1. The first-order valence-corrected chi connectivity index (χ1v) is 5.40. The van der Waals surface area contributed by atoms with E-state index in [4.69, 9.17) is 4.74 Å². The van der Waals surface area contributed by atoms with Crippen molar-refractivity contribution < 1.29 is 14.1 Å². The van der Waals surface area contributed by atoms with Gasteiger partial charge in [0.15, 0.2) is 5.75 Å². The number of hydrogen-bond acceptors (Lipinski definition) is 3. The lowest BCUT2D eigenvalue weighted by Gasteiger charge is -2.05. The summed E-state index contributed by atoms with van der Waals surface area (Å²) < 4.78 is 17.9. The molecule has 0 heterocycles. The fraction of sp³-hybridized carbons (Fsp3) is 0.333. The Kier molecular flexibility index (Phi) is 4.48. The Balaban J connectivity index is 2.81. The molecule has 0 atom stereocenters. The zero-order chi connectivity index (χ0) is 11.3. The number of nitrogens with zero attached hydrogens (tertiary/aromatic N) is 1. The molecule has 0 unspecified atom stereocenters. The van der Waals surface area contributed by atoms with E-state index in [0.717, 1.165) is 23.9 Å². The predicted molar refractivity (Wildman–Crippen MR) is 57.0 cm³/mol. The molecule has 0 bridgehead atoms. The van der Waals surface area contributed by atoms with E-state index < -0.39 is 10.7 Å². The predicted octanol–water partition coefficient (Wildman–Crippen LogP) is 2.90. The maximum atomic E-state index is 12.7. The van der Waals surface area contributed by atoms with E-state index in [9.17, 15) is 14.5 Å². The molecule has 82 valence electrons. The zero-order valence-electron chi connectivity index (χ0n) is 7.78. The highest BCUT2D eigenvalue weighted by atomic mass is 79.9. The van der Waals surface area contributed by atoms with Crippen molar-refractivity contribution in [1.29, 1.82) is 0 Å². The second-order valence-corrected chi connectivity index (χ2v) is 3.55. The number of benzene rings is 1. The molecular weight excluding hydrogens is 269 g/mol. The molecule has 0 saturated heterocycles. The van der Waals surface area contributed by atoms with E-state index in [1.807, 2.05) is 0 Å². The molecule has 0 aromatic heterocycles. The Hall–Kier alpha value is -1.17. The summed E-state index contributed by atoms with van der Waals surface area (Å²) in [5, 5.41) is 11.3. The number of ether oxygens (including phenoxy) is 1. The van der Waals surface area contributed by atoms with Gasteiger partial charge in [-0.3, -0.25) is 10.1 Å². The van der Waals surface area contributed by atoms with E-state index >= 15 is 0 Å². The molecule has 0 amide bonds. The van der Waals surface area contributed by atoms with Gasteiger partial charge in [0.05, 0.1) is 17.6 Å². The molecule has 1 aromatic carbocycles. The van der Waals surface area contributed by atoms with Crippen LogP contribution in [0.3, 0.4) is 0 Å². The van der Waals surface area contributed by atoms with Crippen molar-refractivity contribution in [1.82, 2.24) is 0 Å². The topological polar surface area (TPSA) is 52.4 Å². The maximum Gasteiger partial charge on any atom is 0.313 e. The van der Waals surface area contributed by atoms with Crippen molar-refractivity contribution in [2.45, 2.75) is 6.42 Å². The Morgan fingerprint density at radius 3 is 2.87 bits per heavy atom. The molecule has 1 rings (SSSR count). The molecule has 6 heteroatoms. The van der Waals surface area contributed by atoms with Gasteiger partial charge in [-0.2, -0.15) is 0 Å². The summed E-state index contributed by atoms with van der Waals surface area (Å²) in [4.78, 5) is 9.90. The second kappa shape index (κ2) is 5.65. The molecule has 0 aliphatic rings. The number of rotatable bonds is 5. The fourth-order valence-electron chi connectivity index (χ4n) is 0.992. The van der Waals surface area contributed by atoms with E-state index in [0.29, 0.717) is 6.61 Å². The molecule has 1 aromatic rings. The summed E-state index contributed by atoms with van der Waals surface area (Å²) in [5.41, 5.74) is -0.343. The van der Waals surface area contributed by atoms with Crippen LogP contribution in [0.1, 0.15) is 6.42 Å². The van der Waals surface area contributed by atoms with Crippen LogP contribution in [0.15, 0.2) is 18.2 Å². The zero-order valence-corrected chi connectivity index (χ0v) is 9.37. The van der Waals surface area contributed by atoms with Crippen LogP contribution in [-0.2, 0) is 0 Å². The standard InChI is InChI=1S/C9H9BrFNO3/c10-4-1-5-15-9-3-2-7(11)6-8(9)12(13)14/h2-3,6H,1,4-5H2. The molecule has 0 radical (unpaired) electrons. The third kappa shape index (κ3) is 3.47. The first-order valence-electron chi connectivity index (χ1n) is 4.28. The van der Waals surface area contributed by atoms with E-state index in [-0.39, 0.29) is 11.4 Å². The first-order chi connectivity index (χ1) is 7.15. The van der Waals surface area contributed by atoms with Crippen LogP contribution in [0.2, 0.25) is 0 Å². The molecule has 4 nitrogen and oxygen atoms in total. The average Bonchev–Trinajstić information content (AvgIpc) is 2.20. The van der Waals surface area contributed by atoms with Gasteiger partial charge < -0.3 is 4.74 Å². The Morgan fingerprint density at radius 2 is 2.27 bits per heavy atom. The van der Waals surface area contributed by atoms with Crippen LogP contribution in [0, 0.1) is 15.9 Å². The second-order valence-electron chi connectivity index (χ2n) is 2.76. The van der Waals surface area contributed by atoms with Crippen LogP contribution < -0.4 is 4.74 Å². The van der Waals surface area contributed by atoms with Gasteiger partial charge in [0.1, 0.15) is 5.82 Å².